The lowest BCUT2D eigenvalue weighted by molar-refractivity contribution is -0.402. The molecule has 0 N–H and O–H groups in total. The summed E-state index contributed by atoms with van der Waals surface area (Å²) in [5, 5.41) is 10.1. The van der Waals surface area contributed by atoms with Gasteiger partial charge in [0.05, 0.1) is 11.0 Å². The number of hydrogen-bond acceptors (Lipinski definition) is 6. The van der Waals surface area contributed by atoms with Crippen molar-refractivity contribution < 1.29 is 18.9 Å². The van der Waals surface area contributed by atoms with Crippen LogP contribution in [0.4, 0.5) is 10.7 Å². The van der Waals surface area contributed by atoms with Gasteiger partial charge >= 0.3 is 5.88 Å². The molecule has 1 fully saturated rings. The van der Waals surface area contributed by atoms with Gasteiger partial charge in [0.15, 0.2) is 0 Å². The van der Waals surface area contributed by atoms with Gasteiger partial charge in [0.2, 0.25) is 0 Å². The Bertz CT molecular complexity index is 562. The number of likely N-dealkylation sites (N-methyl/N-ethyl adjacent to an activating group) is 1. The van der Waals surface area contributed by atoms with Crippen molar-refractivity contribution in [1.29, 1.82) is 0 Å². The summed E-state index contributed by atoms with van der Waals surface area (Å²) >= 11 is 0.788. The first-order valence-electron chi connectivity index (χ1n) is 5.02. The summed E-state index contributed by atoms with van der Waals surface area (Å²) in [6.07, 6.45) is 1.33. The van der Waals surface area contributed by atoms with Gasteiger partial charge in [0.1, 0.15) is 10.7 Å². The predicted molar refractivity (Wildman–Crippen MR) is 63.7 cm³/mol. The number of amides is 2. The molecule has 18 heavy (non-hydrogen) atoms. The summed E-state index contributed by atoms with van der Waals surface area (Å²) in [6, 6.07) is 2.56. The lowest BCUT2D eigenvalue weighted by Gasteiger charge is -2.06. The Morgan fingerprint density at radius 3 is 2.72 bits per heavy atom. The topological polar surface area (TPSA) is 93.7 Å². The monoisotopic (exact) mass is 268 g/mol. The number of imide groups is 1. The fourth-order valence-corrected chi connectivity index (χ4v) is 2.30. The molecule has 2 heterocycles. The van der Waals surface area contributed by atoms with Crippen LogP contribution in [0.2, 0.25) is 0 Å². The highest BCUT2D eigenvalue weighted by atomic mass is 32.2. The first kappa shape index (κ1) is 12.4. The highest BCUT2D eigenvalue weighted by Crippen LogP contribution is 2.32. The second-order valence-corrected chi connectivity index (χ2v) is 4.35. The summed E-state index contributed by atoms with van der Waals surface area (Å²) in [4.78, 5) is 34.2. The van der Waals surface area contributed by atoms with E-state index >= 15 is 0 Å². The minimum absolute atomic E-state index is 0.170. The van der Waals surface area contributed by atoms with Crippen LogP contribution in [-0.4, -0.2) is 27.5 Å². The summed E-state index contributed by atoms with van der Waals surface area (Å²) < 4.78 is 4.89. The normalized spacial score (nSPS) is 17.8. The van der Waals surface area contributed by atoms with Crippen LogP contribution in [-0.2, 0) is 4.79 Å². The second-order valence-electron chi connectivity index (χ2n) is 3.36. The minimum atomic E-state index is -0.672. The lowest BCUT2D eigenvalue weighted by Crippen LogP contribution is -2.27. The van der Waals surface area contributed by atoms with Crippen LogP contribution < -0.4 is 0 Å². The van der Waals surface area contributed by atoms with E-state index in [4.69, 9.17) is 4.42 Å². The number of nitro groups is 1. The molecule has 2 amide bonds. The molecule has 7 nitrogen and oxygen atoms in total. The fourth-order valence-electron chi connectivity index (χ4n) is 1.42. The van der Waals surface area contributed by atoms with Crippen molar-refractivity contribution in [3.05, 3.63) is 32.9 Å². The van der Waals surface area contributed by atoms with Crippen molar-refractivity contribution in [2.24, 2.45) is 0 Å². The molecule has 8 heteroatoms. The molecule has 0 spiro atoms. The highest BCUT2D eigenvalue weighted by Gasteiger charge is 2.34. The predicted octanol–water partition coefficient (Wildman–Crippen LogP) is 2.24. The molecule has 1 saturated heterocycles. The number of hydrogen-bond donors (Lipinski definition) is 0. The van der Waals surface area contributed by atoms with Crippen LogP contribution in [0.3, 0.4) is 0 Å². The Kier molecular flexibility index (Phi) is 3.19. The lowest BCUT2D eigenvalue weighted by atomic mass is 10.3. The molecule has 0 atom stereocenters. The molecule has 1 aliphatic heterocycles. The maximum absolute atomic E-state index is 11.7. The molecule has 94 valence electrons. The van der Waals surface area contributed by atoms with E-state index < -0.39 is 16.7 Å². The van der Waals surface area contributed by atoms with Gasteiger partial charge in [-0.15, -0.1) is 0 Å². The molecule has 2 rings (SSSR count). The summed E-state index contributed by atoms with van der Waals surface area (Å²) in [7, 11) is 0. The molecule has 1 aromatic heterocycles. The largest absolute Gasteiger partial charge is 0.433 e. The Morgan fingerprint density at radius 2 is 2.22 bits per heavy atom. The van der Waals surface area contributed by atoms with Gasteiger partial charge in [-0.05, 0) is 24.8 Å². The van der Waals surface area contributed by atoms with Gasteiger partial charge in [-0.2, -0.15) is 0 Å². The Hall–Kier alpha value is -2.09. The van der Waals surface area contributed by atoms with Crippen LogP contribution in [0.25, 0.3) is 6.08 Å². The third kappa shape index (κ3) is 2.14. The zero-order valence-electron chi connectivity index (χ0n) is 9.28. The maximum atomic E-state index is 11.7. The van der Waals surface area contributed by atoms with E-state index in [1.165, 1.54) is 18.2 Å². The molecule has 0 bridgehead atoms. The molecule has 1 aromatic rings. The molecule has 0 saturated carbocycles. The fraction of sp³-hybridized carbons (Fsp3) is 0.200. The second kappa shape index (κ2) is 4.65. The maximum Gasteiger partial charge on any atom is 0.433 e. The van der Waals surface area contributed by atoms with Crippen molar-refractivity contribution >= 4 is 34.9 Å². The summed E-state index contributed by atoms with van der Waals surface area (Å²) in [5.41, 5.74) is 0. The molecule has 1 aliphatic rings. The van der Waals surface area contributed by atoms with E-state index in [0.717, 1.165) is 16.7 Å². The van der Waals surface area contributed by atoms with E-state index in [2.05, 4.69) is 0 Å². The minimum Gasteiger partial charge on any atom is -0.401 e. The van der Waals surface area contributed by atoms with Crippen LogP contribution in [0.5, 0.6) is 0 Å². The number of furan rings is 1. The van der Waals surface area contributed by atoms with Gasteiger partial charge in [0.25, 0.3) is 11.1 Å². The van der Waals surface area contributed by atoms with Gasteiger partial charge in [-0.1, -0.05) is 0 Å². The molecule has 0 aromatic carbocycles. The molecule has 0 aliphatic carbocycles. The highest BCUT2D eigenvalue weighted by molar-refractivity contribution is 8.18. The van der Waals surface area contributed by atoms with Gasteiger partial charge in [0, 0.05) is 12.6 Å². The number of thioether (sulfide) groups is 1. The summed E-state index contributed by atoms with van der Waals surface area (Å²) in [6.45, 7) is 1.98. The van der Waals surface area contributed by atoms with E-state index in [0.29, 0.717) is 6.54 Å². The third-order valence-corrected chi connectivity index (χ3v) is 3.16. The van der Waals surface area contributed by atoms with Crippen molar-refractivity contribution in [3.63, 3.8) is 0 Å². The Balaban J connectivity index is 2.26. The zero-order valence-corrected chi connectivity index (χ0v) is 10.1. The zero-order chi connectivity index (χ0) is 13.3. The van der Waals surface area contributed by atoms with E-state index in [9.17, 15) is 19.7 Å². The van der Waals surface area contributed by atoms with Gasteiger partial charge in [-0.25, -0.2) is 0 Å². The average molecular weight is 268 g/mol. The number of nitrogens with zero attached hydrogens (tertiary/aromatic N) is 2. The Labute approximate surface area is 106 Å². The van der Waals surface area contributed by atoms with Crippen molar-refractivity contribution in [2.75, 3.05) is 6.54 Å². The standard InChI is InChI=1S/C10H8N2O5S/c1-2-11-9(13)7(18-10(11)14)5-6-3-4-8(17-6)12(15)16/h3-5H,2H2,1H3/b7-5+. The molecular formula is C10H8N2O5S. The number of carbonyl (C=O) groups excluding carboxylic acids is 2. The Morgan fingerprint density at radius 1 is 1.50 bits per heavy atom. The van der Waals surface area contributed by atoms with Crippen LogP contribution in [0.1, 0.15) is 12.7 Å². The smallest absolute Gasteiger partial charge is 0.401 e. The van der Waals surface area contributed by atoms with Crippen LogP contribution in [0, 0.1) is 10.1 Å². The van der Waals surface area contributed by atoms with Gasteiger partial charge in [-0.3, -0.25) is 24.6 Å². The average Bonchev–Trinajstić information content (AvgIpc) is 2.86. The van der Waals surface area contributed by atoms with E-state index in [-0.39, 0.29) is 15.9 Å². The first-order chi connectivity index (χ1) is 8.52. The number of carbonyl (C=O) groups is 2. The summed E-state index contributed by atoms with van der Waals surface area (Å²) in [5.74, 6) is -0.647. The van der Waals surface area contributed by atoms with Crippen molar-refractivity contribution in [1.82, 2.24) is 4.90 Å². The SMILES string of the molecule is CCN1C(=O)S/C(=C/c2ccc([N+](=O)[O-])o2)C1=O. The van der Waals surface area contributed by atoms with Crippen molar-refractivity contribution in [2.45, 2.75) is 6.92 Å². The van der Waals surface area contributed by atoms with Crippen molar-refractivity contribution in [3.8, 4) is 0 Å². The van der Waals surface area contributed by atoms with Gasteiger partial charge < -0.3 is 4.42 Å². The molecule has 0 radical (unpaired) electrons. The number of rotatable bonds is 3. The quantitative estimate of drug-likeness (QED) is 0.474. The third-order valence-electron chi connectivity index (χ3n) is 2.26. The van der Waals surface area contributed by atoms with E-state index in [1.807, 2.05) is 0 Å². The van der Waals surface area contributed by atoms with Crippen LogP contribution >= 0.6 is 11.8 Å². The van der Waals surface area contributed by atoms with E-state index in [1.54, 1.807) is 6.92 Å². The van der Waals surface area contributed by atoms with Crippen LogP contribution in [0.15, 0.2) is 21.5 Å². The first-order valence-corrected chi connectivity index (χ1v) is 5.84. The molecule has 0 unspecified atom stereocenters. The molecular weight excluding hydrogens is 260 g/mol.